The molecule has 1 N–H and O–H groups in total. The molecule has 0 spiro atoms. The van der Waals surface area contributed by atoms with Crippen LogP contribution in [0.2, 0.25) is 0 Å². The van der Waals surface area contributed by atoms with Gasteiger partial charge in [0.25, 0.3) is 0 Å². The van der Waals surface area contributed by atoms with Gasteiger partial charge in [-0.1, -0.05) is 42.5 Å². The molecular formula is C23H18N4O4. The number of esters is 1. The van der Waals surface area contributed by atoms with Crippen molar-refractivity contribution in [2.24, 2.45) is 0 Å². The average Bonchev–Trinajstić information content (AvgIpc) is 2.80. The zero-order valence-corrected chi connectivity index (χ0v) is 16.6. The Kier molecular flexibility index (Phi) is 5.99. The van der Waals surface area contributed by atoms with Gasteiger partial charge in [0.05, 0.1) is 12.7 Å². The maximum atomic E-state index is 11.8. The second-order valence-corrected chi connectivity index (χ2v) is 6.25. The standard InChI is InChI=1S/C23H18N4O4/c1-29-20(28)16-9-8-10-17(15-16)24-21-25-22(30-18-11-4-2-5-12-18)27-23(26-21)31-19-13-6-3-7-14-19/h2-15H,1H3,(H,24,25,26,27). The molecule has 3 aromatic carbocycles. The number of nitrogens with zero attached hydrogens (tertiary/aromatic N) is 3. The molecule has 0 aliphatic heterocycles. The largest absolute Gasteiger partial charge is 0.465 e. The summed E-state index contributed by atoms with van der Waals surface area (Å²) in [5, 5.41) is 3.05. The van der Waals surface area contributed by atoms with Crippen molar-refractivity contribution in [2.45, 2.75) is 0 Å². The highest BCUT2D eigenvalue weighted by Crippen LogP contribution is 2.25. The van der Waals surface area contributed by atoms with Gasteiger partial charge in [-0.2, -0.15) is 9.97 Å². The summed E-state index contributed by atoms with van der Waals surface area (Å²) in [5.74, 6) is 0.880. The van der Waals surface area contributed by atoms with E-state index in [0.29, 0.717) is 22.7 Å². The van der Waals surface area contributed by atoms with Crippen LogP contribution in [-0.4, -0.2) is 28.0 Å². The van der Waals surface area contributed by atoms with Crippen molar-refractivity contribution in [2.75, 3.05) is 12.4 Å². The highest BCUT2D eigenvalue weighted by atomic mass is 16.5. The van der Waals surface area contributed by atoms with Crippen LogP contribution >= 0.6 is 0 Å². The number of hydrogen-bond donors (Lipinski definition) is 1. The number of benzene rings is 3. The Labute approximate surface area is 178 Å². The molecule has 0 saturated heterocycles. The van der Waals surface area contributed by atoms with Gasteiger partial charge in [0.2, 0.25) is 5.95 Å². The summed E-state index contributed by atoms with van der Waals surface area (Å²) in [6, 6.07) is 25.2. The quantitative estimate of drug-likeness (QED) is 0.423. The minimum atomic E-state index is -0.444. The van der Waals surface area contributed by atoms with Crippen molar-refractivity contribution < 1.29 is 19.0 Å². The second kappa shape index (κ2) is 9.36. The molecule has 0 aliphatic rings. The first-order valence-electron chi connectivity index (χ1n) is 9.37. The van der Waals surface area contributed by atoms with Crippen LogP contribution in [0.1, 0.15) is 10.4 Å². The van der Waals surface area contributed by atoms with Gasteiger partial charge >= 0.3 is 18.0 Å². The third kappa shape index (κ3) is 5.33. The molecule has 0 atom stereocenters. The third-order valence-electron chi connectivity index (χ3n) is 4.04. The van der Waals surface area contributed by atoms with Gasteiger partial charge in [0.1, 0.15) is 11.5 Å². The first-order chi connectivity index (χ1) is 15.2. The molecule has 154 valence electrons. The average molecular weight is 414 g/mol. The maximum Gasteiger partial charge on any atom is 0.337 e. The molecule has 1 heterocycles. The molecule has 4 rings (SSSR count). The number of carbonyl (C=O) groups is 1. The minimum Gasteiger partial charge on any atom is -0.465 e. The predicted molar refractivity (Wildman–Crippen MR) is 114 cm³/mol. The molecule has 4 aromatic rings. The number of nitrogens with one attached hydrogen (secondary N) is 1. The summed E-state index contributed by atoms with van der Waals surface area (Å²) in [7, 11) is 1.33. The normalized spacial score (nSPS) is 10.2. The Balaban J connectivity index is 1.64. The molecular weight excluding hydrogens is 396 g/mol. The number of aromatic nitrogens is 3. The van der Waals surface area contributed by atoms with Crippen molar-refractivity contribution >= 4 is 17.6 Å². The van der Waals surface area contributed by atoms with Crippen LogP contribution in [0.5, 0.6) is 23.5 Å². The van der Waals surface area contributed by atoms with Gasteiger partial charge in [-0.25, -0.2) is 4.79 Å². The van der Waals surface area contributed by atoms with E-state index in [0.717, 1.165) is 0 Å². The van der Waals surface area contributed by atoms with Crippen molar-refractivity contribution in [3.8, 4) is 23.5 Å². The maximum absolute atomic E-state index is 11.8. The van der Waals surface area contributed by atoms with Crippen molar-refractivity contribution in [1.29, 1.82) is 0 Å². The second-order valence-electron chi connectivity index (χ2n) is 6.25. The lowest BCUT2D eigenvalue weighted by molar-refractivity contribution is 0.0601. The summed E-state index contributed by atoms with van der Waals surface area (Å²) in [6.07, 6.45) is 0. The van der Waals surface area contributed by atoms with Crippen LogP contribution in [0.15, 0.2) is 84.9 Å². The van der Waals surface area contributed by atoms with Crippen LogP contribution in [0, 0.1) is 0 Å². The van der Waals surface area contributed by atoms with Gasteiger partial charge in [0.15, 0.2) is 0 Å². The first kappa shape index (κ1) is 19.8. The van der Waals surface area contributed by atoms with Crippen molar-refractivity contribution in [3.05, 3.63) is 90.5 Å². The molecule has 0 aliphatic carbocycles. The zero-order valence-electron chi connectivity index (χ0n) is 16.6. The summed E-state index contributed by atoms with van der Waals surface area (Å²) in [6.45, 7) is 0. The SMILES string of the molecule is COC(=O)c1cccc(Nc2nc(Oc3ccccc3)nc(Oc3ccccc3)n2)c1. The molecule has 1 aromatic heterocycles. The van der Waals surface area contributed by atoms with E-state index in [1.165, 1.54) is 7.11 Å². The molecule has 0 fully saturated rings. The third-order valence-corrected chi connectivity index (χ3v) is 4.04. The summed E-state index contributed by atoms with van der Waals surface area (Å²) in [4.78, 5) is 24.7. The molecule has 0 saturated carbocycles. The number of hydrogen-bond acceptors (Lipinski definition) is 8. The molecule has 0 radical (unpaired) electrons. The van der Waals surface area contributed by atoms with E-state index < -0.39 is 5.97 Å². The van der Waals surface area contributed by atoms with E-state index in [-0.39, 0.29) is 18.0 Å². The number of ether oxygens (including phenoxy) is 3. The Morgan fingerprint density at radius 3 is 1.87 bits per heavy atom. The van der Waals surface area contributed by atoms with Gasteiger partial charge in [0, 0.05) is 5.69 Å². The molecule has 8 nitrogen and oxygen atoms in total. The van der Waals surface area contributed by atoms with Crippen molar-refractivity contribution in [3.63, 3.8) is 0 Å². The van der Waals surface area contributed by atoms with Gasteiger partial charge in [-0.15, -0.1) is 4.98 Å². The van der Waals surface area contributed by atoms with Crippen LogP contribution in [0.4, 0.5) is 11.6 Å². The Hall–Kier alpha value is -4.46. The highest BCUT2D eigenvalue weighted by molar-refractivity contribution is 5.90. The molecule has 0 unspecified atom stereocenters. The number of para-hydroxylation sites is 2. The van der Waals surface area contributed by atoms with E-state index >= 15 is 0 Å². The van der Waals surface area contributed by atoms with Crippen LogP contribution in [-0.2, 0) is 4.74 Å². The van der Waals surface area contributed by atoms with Crippen LogP contribution in [0.3, 0.4) is 0 Å². The Morgan fingerprint density at radius 2 is 1.32 bits per heavy atom. The van der Waals surface area contributed by atoms with E-state index in [4.69, 9.17) is 14.2 Å². The van der Waals surface area contributed by atoms with E-state index in [1.807, 2.05) is 36.4 Å². The zero-order chi connectivity index (χ0) is 21.5. The summed E-state index contributed by atoms with van der Waals surface area (Å²) < 4.78 is 16.3. The number of anilines is 2. The fourth-order valence-electron chi connectivity index (χ4n) is 2.64. The summed E-state index contributed by atoms with van der Waals surface area (Å²) in [5.41, 5.74) is 0.980. The molecule has 31 heavy (non-hydrogen) atoms. The molecule has 0 bridgehead atoms. The van der Waals surface area contributed by atoms with Crippen molar-refractivity contribution in [1.82, 2.24) is 15.0 Å². The number of rotatable bonds is 7. The van der Waals surface area contributed by atoms with Crippen LogP contribution < -0.4 is 14.8 Å². The summed E-state index contributed by atoms with van der Waals surface area (Å²) >= 11 is 0. The highest BCUT2D eigenvalue weighted by Gasteiger charge is 2.12. The van der Waals surface area contributed by atoms with E-state index in [1.54, 1.807) is 48.5 Å². The Morgan fingerprint density at radius 1 is 0.742 bits per heavy atom. The number of carbonyl (C=O) groups excluding carboxylic acids is 1. The van der Waals surface area contributed by atoms with Gasteiger partial charge < -0.3 is 19.5 Å². The lowest BCUT2D eigenvalue weighted by Crippen LogP contribution is -2.05. The lowest BCUT2D eigenvalue weighted by Gasteiger charge is -2.10. The fraction of sp³-hybridized carbons (Fsp3) is 0.0435. The number of methoxy groups -OCH3 is 1. The van der Waals surface area contributed by atoms with Crippen LogP contribution in [0.25, 0.3) is 0 Å². The Bertz CT molecular complexity index is 1110. The lowest BCUT2D eigenvalue weighted by atomic mass is 10.2. The first-order valence-corrected chi connectivity index (χ1v) is 9.37. The molecule has 8 heteroatoms. The van der Waals surface area contributed by atoms with E-state index in [2.05, 4.69) is 20.3 Å². The van der Waals surface area contributed by atoms with E-state index in [9.17, 15) is 4.79 Å². The predicted octanol–water partition coefficient (Wildman–Crippen LogP) is 4.99. The smallest absolute Gasteiger partial charge is 0.337 e. The topological polar surface area (TPSA) is 95.5 Å². The van der Waals surface area contributed by atoms with Gasteiger partial charge in [-0.05, 0) is 42.5 Å². The minimum absolute atomic E-state index is 0.0544. The fourth-order valence-corrected chi connectivity index (χ4v) is 2.64. The molecule has 0 amide bonds. The monoisotopic (exact) mass is 414 g/mol. The van der Waals surface area contributed by atoms with Gasteiger partial charge in [-0.3, -0.25) is 0 Å².